The number of carbonyl (C=O) groups is 1. The lowest BCUT2D eigenvalue weighted by atomic mass is 10.3. The van der Waals surface area contributed by atoms with Crippen molar-refractivity contribution in [1.29, 1.82) is 0 Å². The molecule has 1 heterocycles. The summed E-state index contributed by atoms with van der Waals surface area (Å²) in [6.45, 7) is 5.24. The van der Waals surface area contributed by atoms with Gasteiger partial charge in [0.05, 0.1) is 8.66 Å². The van der Waals surface area contributed by atoms with E-state index in [9.17, 15) is 4.79 Å². The van der Waals surface area contributed by atoms with Gasteiger partial charge in [0.1, 0.15) is 0 Å². The molecule has 0 unspecified atom stereocenters. The number of nitrogens with zero attached hydrogens (tertiary/aromatic N) is 1. The summed E-state index contributed by atoms with van der Waals surface area (Å²) in [5.74, 6) is 0.544. The quantitative estimate of drug-likeness (QED) is 0.779. The smallest absolute Gasteiger partial charge is 0.263 e. The van der Waals surface area contributed by atoms with Gasteiger partial charge in [-0.15, -0.1) is 22.9 Å². The number of amides is 1. The number of thiophene rings is 1. The summed E-state index contributed by atoms with van der Waals surface area (Å²) in [5.41, 5.74) is 1.10. The van der Waals surface area contributed by atoms with Gasteiger partial charge in [0, 0.05) is 19.0 Å². The van der Waals surface area contributed by atoms with Crippen LogP contribution in [-0.2, 0) is 0 Å². The fraction of sp³-hybridized carbons (Fsp3) is 0.500. The van der Waals surface area contributed by atoms with Crippen LogP contribution in [0.1, 0.15) is 22.2 Å². The van der Waals surface area contributed by atoms with E-state index in [-0.39, 0.29) is 5.91 Å². The van der Waals surface area contributed by atoms with Crippen LogP contribution >= 0.6 is 38.9 Å². The van der Waals surface area contributed by atoms with Gasteiger partial charge in [-0.25, -0.2) is 0 Å². The van der Waals surface area contributed by atoms with Crippen molar-refractivity contribution >= 4 is 44.8 Å². The summed E-state index contributed by atoms with van der Waals surface area (Å²) in [6, 6.07) is 1.91. The van der Waals surface area contributed by atoms with Gasteiger partial charge in [-0.05, 0) is 41.4 Å². The van der Waals surface area contributed by atoms with E-state index in [0.29, 0.717) is 19.0 Å². The molecule has 0 atom stereocenters. The number of alkyl halides is 1. The van der Waals surface area contributed by atoms with Crippen LogP contribution in [0.15, 0.2) is 9.85 Å². The van der Waals surface area contributed by atoms with Crippen LogP contribution < -0.4 is 0 Å². The Morgan fingerprint density at radius 1 is 1.67 bits per heavy atom. The lowest BCUT2D eigenvalue weighted by molar-refractivity contribution is 0.0779. The Kier molecular flexibility index (Phi) is 5.09. The molecule has 0 saturated heterocycles. The largest absolute Gasteiger partial charge is 0.337 e. The van der Waals surface area contributed by atoms with Crippen LogP contribution in [0.4, 0.5) is 0 Å². The molecule has 0 fully saturated rings. The Bertz CT molecular complexity index is 334. The van der Waals surface area contributed by atoms with Crippen molar-refractivity contribution in [2.24, 2.45) is 0 Å². The summed E-state index contributed by atoms with van der Waals surface area (Å²) in [7, 11) is 0. The van der Waals surface area contributed by atoms with Gasteiger partial charge in [-0.1, -0.05) is 0 Å². The zero-order valence-corrected chi connectivity index (χ0v) is 11.9. The molecule has 0 bridgehead atoms. The summed E-state index contributed by atoms with van der Waals surface area (Å²) in [5, 5.41) is 0. The Hall–Kier alpha value is -0.0600. The summed E-state index contributed by atoms with van der Waals surface area (Å²) < 4.78 is 1.02. The van der Waals surface area contributed by atoms with Crippen molar-refractivity contribution in [3.8, 4) is 0 Å². The predicted octanol–water partition coefficient (Wildman–Crippen LogP) is 3.52. The molecule has 0 radical (unpaired) electrons. The highest BCUT2D eigenvalue weighted by Gasteiger charge is 2.16. The molecule has 84 valence electrons. The van der Waals surface area contributed by atoms with Crippen molar-refractivity contribution < 1.29 is 4.79 Å². The predicted molar refractivity (Wildman–Crippen MR) is 69.1 cm³/mol. The minimum atomic E-state index is 0.0666. The van der Waals surface area contributed by atoms with Crippen LogP contribution in [0.5, 0.6) is 0 Å². The second-order valence-corrected chi connectivity index (χ2v) is 5.89. The van der Waals surface area contributed by atoms with E-state index in [0.717, 1.165) is 14.2 Å². The molecule has 0 N–H and O–H groups in total. The van der Waals surface area contributed by atoms with E-state index in [1.807, 2.05) is 19.9 Å². The maximum atomic E-state index is 12.0. The van der Waals surface area contributed by atoms with Crippen LogP contribution in [0.25, 0.3) is 0 Å². The van der Waals surface area contributed by atoms with Crippen molar-refractivity contribution in [1.82, 2.24) is 4.90 Å². The van der Waals surface area contributed by atoms with Crippen molar-refractivity contribution in [3.63, 3.8) is 0 Å². The van der Waals surface area contributed by atoms with E-state index in [1.54, 1.807) is 4.90 Å². The maximum Gasteiger partial charge on any atom is 0.263 e. The highest BCUT2D eigenvalue weighted by atomic mass is 79.9. The zero-order chi connectivity index (χ0) is 11.4. The zero-order valence-electron chi connectivity index (χ0n) is 8.72. The monoisotopic (exact) mass is 309 g/mol. The fourth-order valence-corrected chi connectivity index (χ4v) is 2.93. The second-order valence-electron chi connectivity index (χ2n) is 3.14. The molecule has 1 aromatic heterocycles. The molecule has 0 aromatic carbocycles. The number of halogens is 2. The van der Waals surface area contributed by atoms with Gasteiger partial charge >= 0.3 is 0 Å². The molecule has 1 amide bonds. The van der Waals surface area contributed by atoms with Gasteiger partial charge < -0.3 is 4.90 Å². The SMILES string of the molecule is CCN(CCCl)C(=O)c1cc(C)c(Br)s1. The molecule has 0 saturated carbocycles. The van der Waals surface area contributed by atoms with Crippen molar-refractivity contribution in [2.45, 2.75) is 13.8 Å². The summed E-state index contributed by atoms with van der Waals surface area (Å²) in [4.78, 5) is 14.5. The normalized spacial score (nSPS) is 10.4. The third-order valence-corrected chi connectivity index (χ3v) is 4.38. The molecule has 0 aliphatic carbocycles. The third-order valence-electron chi connectivity index (χ3n) is 2.09. The van der Waals surface area contributed by atoms with Crippen LogP contribution in [0.3, 0.4) is 0 Å². The van der Waals surface area contributed by atoms with Gasteiger partial charge in [-0.3, -0.25) is 4.79 Å². The average Bonchev–Trinajstić information content (AvgIpc) is 2.55. The van der Waals surface area contributed by atoms with E-state index < -0.39 is 0 Å². The van der Waals surface area contributed by atoms with Gasteiger partial charge in [0.25, 0.3) is 5.91 Å². The first-order valence-electron chi connectivity index (χ1n) is 4.71. The maximum absolute atomic E-state index is 12.0. The lowest BCUT2D eigenvalue weighted by Gasteiger charge is -2.18. The van der Waals surface area contributed by atoms with Crippen LogP contribution in [0, 0.1) is 6.92 Å². The topological polar surface area (TPSA) is 20.3 Å². The van der Waals surface area contributed by atoms with Crippen molar-refractivity contribution in [3.05, 3.63) is 20.3 Å². The standard InChI is InChI=1S/C10H13BrClNOS/c1-3-13(5-4-12)10(14)8-6-7(2)9(11)15-8/h6H,3-5H2,1-2H3. The number of hydrogen-bond donors (Lipinski definition) is 0. The molecule has 0 aliphatic rings. The molecular weight excluding hydrogens is 298 g/mol. The number of carbonyl (C=O) groups excluding carboxylic acids is 1. The van der Waals surface area contributed by atoms with Crippen LogP contribution in [0.2, 0.25) is 0 Å². The minimum absolute atomic E-state index is 0.0666. The second kappa shape index (κ2) is 5.87. The molecule has 5 heteroatoms. The first kappa shape index (κ1) is 13.0. The van der Waals surface area contributed by atoms with E-state index in [2.05, 4.69) is 15.9 Å². The minimum Gasteiger partial charge on any atom is -0.337 e. The average molecular weight is 311 g/mol. The molecule has 1 aromatic rings. The first-order chi connectivity index (χ1) is 7.10. The number of aryl methyl sites for hydroxylation is 1. The Balaban J connectivity index is 2.82. The Labute approximate surface area is 107 Å². The van der Waals surface area contributed by atoms with Gasteiger partial charge in [0.2, 0.25) is 0 Å². The third kappa shape index (κ3) is 3.20. The molecule has 0 spiro atoms. The highest BCUT2D eigenvalue weighted by Crippen LogP contribution is 2.28. The number of rotatable bonds is 4. The first-order valence-corrected chi connectivity index (χ1v) is 6.85. The van der Waals surface area contributed by atoms with E-state index in [1.165, 1.54) is 11.3 Å². The fourth-order valence-electron chi connectivity index (χ4n) is 1.23. The molecule has 2 nitrogen and oxygen atoms in total. The van der Waals surface area contributed by atoms with Gasteiger partial charge in [-0.2, -0.15) is 0 Å². The Morgan fingerprint density at radius 3 is 2.73 bits per heavy atom. The summed E-state index contributed by atoms with van der Waals surface area (Å²) in [6.07, 6.45) is 0. The molecule has 0 aliphatic heterocycles. The Morgan fingerprint density at radius 2 is 2.33 bits per heavy atom. The molecule has 1 rings (SSSR count). The molecular formula is C10H13BrClNOS. The summed E-state index contributed by atoms with van der Waals surface area (Å²) >= 11 is 10.5. The van der Waals surface area contributed by atoms with E-state index in [4.69, 9.17) is 11.6 Å². The van der Waals surface area contributed by atoms with Gasteiger partial charge in [0.15, 0.2) is 0 Å². The van der Waals surface area contributed by atoms with E-state index >= 15 is 0 Å². The highest BCUT2D eigenvalue weighted by molar-refractivity contribution is 9.11. The lowest BCUT2D eigenvalue weighted by Crippen LogP contribution is -2.31. The molecule has 15 heavy (non-hydrogen) atoms. The van der Waals surface area contributed by atoms with Crippen molar-refractivity contribution in [2.75, 3.05) is 19.0 Å². The van der Waals surface area contributed by atoms with Crippen LogP contribution in [-0.4, -0.2) is 29.8 Å². The number of hydrogen-bond acceptors (Lipinski definition) is 2.